The third kappa shape index (κ3) is 2.60. The van der Waals surface area contributed by atoms with E-state index in [1.54, 1.807) is 18.5 Å². The SMILES string of the molecule is Cc1cccc(Cl)c1Nc1cnccc1C(N)=S. The average Bonchev–Trinajstić information content (AvgIpc) is 2.34. The van der Waals surface area contributed by atoms with Crippen molar-refractivity contribution in [3.63, 3.8) is 0 Å². The number of hydrogen-bond donors (Lipinski definition) is 2. The lowest BCUT2D eigenvalue weighted by molar-refractivity contribution is 1.31. The Balaban J connectivity index is 2.43. The lowest BCUT2D eigenvalue weighted by Gasteiger charge is -2.13. The van der Waals surface area contributed by atoms with E-state index in [-0.39, 0.29) is 0 Å². The van der Waals surface area contributed by atoms with Crippen molar-refractivity contribution in [1.29, 1.82) is 0 Å². The summed E-state index contributed by atoms with van der Waals surface area (Å²) in [7, 11) is 0. The molecule has 0 radical (unpaired) electrons. The van der Waals surface area contributed by atoms with Gasteiger partial charge >= 0.3 is 0 Å². The first-order valence-electron chi connectivity index (χ1n) is 5.35. The van der Waals surface area contributed by atoms with Crippen molar-refractivity contribution < 1.29 is 0 Å². The van der Waals surface area contributed by atoms with E-state index in [0.29, 0.717) is 10.0 Å². The van der Waals surface area contributed by atoms with Gasteiger partial charge in [0, 0.05) is 11.8 Å². The largest absolute Gasteiger partial charge is 0.389 e. The highest BCUT2D eigenvalue weighted by Crippen LogP contribution is 2.29. The molecule has 1 heterocycles. The van der Waals surface area contributed by atoms with Gasteiger partial charge in [0.25, 0.3) is 0 Å². The summed E-state index contributed by atoms with van der Waals surface area (Å²) in [5.41, 5.74) is 9.06. The number of thiocarbonyl (C=S) groups is 1. The average molecular weight is 278 g/mol. The third-order valence-corrected chi connectivity index (χ3v) is 3.10. The third-order valence-electron chi connectivity index (χ3n) is 2.57. The second kappa shape index (κ2) is 5.33. The molecule has 0 aliphatic heterocycles. The summed E-state index contributed by atoms with van der Waals surface area (Å²) in [6, 6.07) is 7.48. The number of nitrogens with two attached hydrogens (primary N) is 1. The van der Waals surface area contributed by atoms with Crippen LogP contribution in [0.1, 0.15) is 11.1 Å². The molecular formula is C13H12ClN3S. The zero-order chi connectivity index (χ0) is 13.1. The van der Waals surface area contributed by atoms with Crippen LogP contribution in [-0.4, -0.2) is 9.97 Å². The number of aromatic nitrogens is 1. The Kier molecular flexibility index (Phi) is 3.79. The highest BCUT2D eigenvalue weighted by atomic mass is 35.5. The highest BCUT2D eigenvalue weighted by molar-refractivity contribution is 7.80. The summed E-state index contributed by atoms with van der Waals surface area (Å²) in [4.78, 5) is 4.39. The molecule has 18 heavy (non-hydrogen) atoms. The van der Waals surface area contributed by atoms with E-state index in [2.05, 4.69) is 10.3 Å². The van der Waals surface area contributed by atoms with Crippen LogP contribution in [0.3, 0.4) is 0 Å². The maximum absolute atomic E-state index is 6.16. The normalized spacial score (nSPS) is 10.1. The molecule has 1 aromatic carbocycles. The lowest BCUT2D eigenvalue weighted by Crippen LogP contribution is -2.12. The minimum atomic E-state index is 0.324. The van der Waals surface area contributed by atoms with E-state index < -0.39 is 0 Å². The molecule has 0 amide bonds. The van der Waals surface area contributed by atoms with Crippen LogP contribution in [0.4, 0.5) is 11.4 Å². The van der Waals surface area contributed by atoms with Gasteiger partial charge in [-0.3, -0.25) is 4.98 Å². The fraction of sp³-hybridized carbons (Fsp3) is 0.0769. The first-order valence-corrected chi connectivity index (χ1v) is 6.14. The number of hydrogen-bond acceptors (Lipinski definition) is 3. The molecule has 0 saturated carbocycles. The van der Waals surface area contributed by atoms with Crippen LogP contribution < -0.4 is 11.1 Å². The van der Waals surface area contributed by atoms with E-state index >= 15 is 0 Å². The quantitative estimate of drug-likeness (QED) is 0.844. The van der Waals surface area contributed by atoms with Crippen molar-refractivity contribution in [2.45, 2.75) is 6.92 Å². The predicted octanol–water partition coefficient (Wildman–Crippen LogP) is 3.42. The molecule has 0 aliphatic carbocycles. The van der Waals surface area contributed by atoms with Gasteiger partial charge in [-0.15, -0.1) is 0 Å². The zero-order valence-electron chi connectivity index (χ0n) is 9.77. The van der Waals surface area contributed by atoms with E-state index in [1.807, 2.05) is 25.1 Å². The molecule has 2 aromatic rings. The number of nitrogens with one attached hydrogen (secondary N) is 1. The lowest BCUT2D eigenvalue weighted by atomic mass is 10.1. The van der Waals surface area contributed by atoms with Crippen molar-refractivity contribution in [2.24, 2.45) is 5.73 Å². The molecule has 1 aromatic heterocycles. The topological polar surface area (TPSA) is 50.9 Å². The van der Waals surface area contributed by atoms with E-state index in [9.17, 15) is 0 Å². The molecule has 0 fully saturated rings. The van der Waals surface area contributed by atoms with Crippen LogP contribution in [0.5, 0.6) is 0 Å². The van der Waals surface area contributed by atoms with Crippen LogP contribution in [0.2, 0.25) is 5.02 Å². The second-order valence-corrected chi connectivity index (χ2v) is 4.69. The molecule has 5 heteroatoms. The molecule has 3 nitrogen and oxygen atoms in total. The van der Waals surface area contributed by atoms with Gasteiger partial charge in [0.2, 0.25) is 0 Å². The predicted molar refractivity (Wildman–Crippen MR) is 79.6 cm³/mol. The van der Waals surface area contributed by atoms with Gasteiger partial charge in [-0.2, -0.15) is 0 Å². The van der Waals surface area contributed by atoms with Crippen molar-refractivity contribution in [3.8, 4) is 0 Å². The molecule has 0 spiro atoms. The molecule has 0 saturated heterocycles. The fourth-order valence-corrected chi connectivity index (χ4v) is 2.08. The van der Waals surface area contributed by atoms with Gasteiger partial charge in [0.05, 0.1) is 22.6 Å². The Bertz CT molecular complexity index is 578. The molecule has 2 rings (SSSR count). The van der Waals surface area contributed by atoms with Gasteiger partial charge in [-0.05, 0) is 24.6 Å². The smallest absolute Gasteiger partial charge is 0.106 e. The van der Waals surface area contributed by atoms with Crippen LogP contribution >= 0.6 is 23.8 Å². The van der Waals surface area contributed by atoms with Gasteiger partial charge < -0.3 is 11.1 Å². The van der Waals surface area contributed by atoms with Gasteiger partial charge in [0.1, 0.15) is 4.99 Å². The number of anilines is 2. The maximum Gasteiger partial charge on any atom is 0.106 e. The van der Waals surface area contributed by atoms with E-state index in [1.165, 1.54) is 0 Å². The maximum atomic E-state index is 6.16. The number of aryl methyl sites for hydroxylation is 1. The first kappa shape index (κ1) is 12.8. The summed E-state index contributed by atoms with van der Waals surface area (Å²) >= 11 is 11.2. The number of pyridine rings is 1. The van der Waals surface area contributed by atoms with Crippen molar-refractivity contribution in [2.75, 3.05) is 5.32 Å². The summed E-state index contributed by atoms with van der Waals surface area (Å²) in [5, 5.41) is 3.87. The monoisotopic (exact) mass is 277 g/mol. The Morgan fingerprint density at radius 2 is 2.17 bits per heavy atom. The fourth-order valence-electron chi connectivity index (χ4n) is 1.63. The molecule has 92 valence electrons. The minimum Gasteiger partial charge on any atom is -0.389 e. The summed E-state index contributed by atoms with van der Waals surface area (Å²) in [6.45, 7) is 1.98. The van der Waals surface area contributed by atoms with Crippen LogP contribution in [0, 0.1) is 6.92 Å². The van der Waals surface area contributed by atoms with Crippen molar-refractivity contribution >= 4 is 40.2 Å². The Morgan fingerprint density at radius 3 is 2.83 bits per heavy atom. The number of rotatable bonds is 3. The molecule has 0 aliphatic rings. The van der Waals surface area contributed by atoms with Crippen molar-refractivity contribution in [3.05, 3.63) is 52.8 Å². The molecular weight excluding hydrogens is 266 g/mol. The standard InChI is InChI=1S/C13H12ClN3S/c1-8-3-2-4-10(14)12(8)17-11-7-16-6-5-9(11)13(15)18/h2-7,17H,1H3,(H2,15,18). The minimum absolute atomic E-state index is 0.324. The zero-order valence-corrected chi connectivity index (χ0v) is 11.3. The number of halogens is 1. The van der Waals surface area contributed by atoms with Crippen LogP contribution in [0.15, 0.2) is 36.7 Å². The van der Waals surface area contributed by atoms with Gasteiger partial charge in [0.15, 0.2) is 0 Å². The first-order chi connectivity index (χ1) is 8.59. The Labute approximate surface area is 116 Å². The molecule has 0 unspecified atom stereocenters. The van der Waals surface area contributed by atoms with Gasteiger partial charge in [-0.1, -0.05) is 36.0 Å². The number of para-hydroxylation sites is 1. The second-order valence-electron chi connectivity index (χ2n) is 3.84. The molecule has 0 bridgehead atoms. The summed E-state index contributed by atoms with van der Waals surface area (Å²) in [6.07, 6.45) is 3.33. The Hall–Kier alpha value is -1.65. The van der Waals surface area contributed by atoms with Gasteiger partial charge in [-0.25, -0.2) is 0 Å². The number of benzene rings is 1. The number of nitrogens with zero attached hydrogens (tertiary/aromatic N) is 1. The van der Waals surface area contributed by atoms with Crippen molar-refractivity contribution in [1.82, 2.24) is 4.98 Å². The molecule has 0 atom stereocenters. The Morgan fingerprint density at radius 1 is 1.39 bits per heavy atom. The van der Waals surface area contributed by atoms with E-state index in [0.717, 1.165) is 22.5 Å². The highest BCUT2D eigenvalue weighted by Gasteiger charge is 2.08. The summed E-state index contributed by atoms with van der Waals surface area (Å²) < 4.78 is 0. The van der Waals surface area contributed by atoms with E-state index in [4.69, 9.17) is 29.6 Å². The van der Waals surface area contributed by atoms with Crippen LogP contribution in [0.25, 0.3) is 0 Å². The van der Waals surface area contributed by atoms with Crippen LogP contribution in [-0.2, 0) is 0 Å². The summed E-state index contributed by atoms with van der Waals surface area (Å²) in [5.74, 6) is 0. The molecule has 3 N–H and O–H groups in total.